The Kier molecular flexibility index (Phi) is 7.08. The number of nitrogens with zero attached hydrogens (tertiary/aromatic N) is 1. The highest BCUT2D eigenvalue weighted by molar-refractivity contribution is 7.85. The molecule has 0 bridgehead atoms. The van der Waals surface area contributed by atoms with Gasteiger partial charge in [-0.25, -0.2) is 9.78 Å². The Morgan fingerprint density at radius 2 is 2.00 bits per heavy atom. The maximum Gasteiger partial charge on any atom is 0.407 e. The third-order valence-electron chi connectivity index (χ3n) is 4.12. The molecule has 0 aliphatic carbocycles. The zero-order chi connectivity index (χ0) is 21.6. The van der Waals surface area contributed by atoms with Crippen molar-refractivity contribution in [3.63, 3.8) is 0 Å². The van der Waals surface area contributed by atoms with Crippen LogP contribution in [0.25, 0.3) is 0 Å². The second-order valence-corrected chi connectivity index (χ2v) is 8.16. The lowest BCUT2D eigenvalue weighted by atomic mass is 10.0. The summed E-state index contributed by atoms with van der Waals surface area (Å²) in [6.07, 6.45) is 0.0307. The van der Waals surface area contributed by atoms with Gasteiger partial charge in [-0.1, -0.05) is 30.3 Å². The third kappa shape index (κ3) is 6.31. The molecule has 1 amide bonds. The molecule has 1 aromatic carbocycles. The van der Waals surface area contributed by atoms with Crippen LogP contribution in [0.1, 0.15) is 17.2 Å². The first kappa shape index (κ1) is 21.8. The van der Waals surface area contributed by atoms with Crippen molar-refractivity contribution in [1.82, 2.24) is 10.3 Å². The van der Waals surface area contributed by atoms with Gasteiger partial charge in [0.05, 0.1) is 18.9 Å². The second-order valence-electron chi connectivity index (χ2n) is 6.51. The lowest BCUT2D eigenvalue weighted by Gasteiger charge is -2.25. The molecule has 0 spiro atoms. The van der Waals surface area contributed by atoms with Crippen LogP contribution in [0, 0.1) is 0 Å². The fraction of sp³-hybridized carbons (Fsp3) is 0.368. The van der Waals surface area contributed by atoms with Gasteiger partial charge in [-0.2, -0.15) is 8.42 Å². The van der Waals surface area contributed by atoms with E-state index >= 15 is 0 Å². The van der Waals surface area contributed by atoms with Gasteiger partial charge in [-0.15, -0.1) is 0 Å². The van der Waals surface area contributed by atoms with Crippen molar-refractivity contribution in [3.8, 4) is 11.6 Å². The zero-order valence-electron chi connectivity index (χ0n) is 16.2. The van der Waals surface area contributed by atoms with Gasteiger partial charge in [0.2, 0.25) is 0 Å². The standard InChI is InChI=1S/C19H22N2O8S/c1-30(24,25)29-12-15(21-19(23)28-11-13-5-3-2-4-6-13)17(22)14-9-16-18(20-10-14)27-8-7-26-16/h2-6,9-10,15,17,22H,7-8,11-12H2,1H3,(H,21,23)/t15-,17-/m1/s1. The van der Waals surface area contributed by atoms with Gasteiger partial charge in [0.1, 0.15) is 25.9 Å². The highest BCUT2D eigenvalue weighted by atomic mass is 32.2. The number of nitrogens with one attached hydrogen (secondary N) is 1. The number of carbonyl (C=O) groups excluding carboxylic acids is 1. The van der Waals surface area contributed by atoms with Crippen LogP contribution in [0.5, 0.6) is 11.6 Å². The number of ether oxygens (including phenoxy) is 3. The average molecular weight is 438 g/mol. The maximum atomic E-state index is 12.2. The van der Waals surface area contributed by atoms with Crippen LogP contribution in [-0.2, 0) is 25.6 Å². The molecule has 2 aromatic rings. The normalized spacial score (nSPS) is 15.1. The van der Waals surface area contributed by atoms with Gasteiger partial charge in [0.15, 0.2) is 5.75 Å². The fourth-order valence-corrected chi connectivity index (χ4v) is 3.06. The van der Waals surface area contributed by atoms with E-state index in [1.165, 1.54) is 12.3 Å². The predicted octanol–water partition coefficient (Wildman–Crippen LogP) is 1.16. The zero-order valence-corrected chi connectivity index (χ0v) is 17.0. The first-order valence-electron chi connectivity index (χ1n) is 9.07. The number of aliphatic hydroxyl groups is 1. The number of carbonyl (C=O) groups is 1. The van der Waals surface area contributed by atoms with E-state index in [2.05, 4.69) is 10.3 Å². The molecule has 1 aromatic heterocycles. The van der Waals surface area contributed by atoms with Crippen LogP contribution in [0.2, 0.25) is 0 Å². The van der Waals surface area contributed by atoms with Gasteiger partial charge < -0.3 is 24.6 Å². The summed E-state index contributed by atoms with van der Waals surface area (Å²) < 4.78 is 43.5. The lowest BCUT2D eigenvalue weighted by molar-refractivity contribution is 0.0820. The molecule has 0 radical (unpaired) electrons. The summed E-state index contributed by atoms with van der Waals surface area (Å²) in [5.41, 5.74) is 1.05. The van der Waals surface area contributed by atoms with Crippen molar-refractivity contribution >= 4 is 16.2 Å². The van der Waals surface area contributed by atoms with Gasteiger partial charge >= 0.3 is 6.09 Å². The Morgan fingerprint density at radius 1 is 1.27 bits per heavy atom. The first-order valence-corrected chi connectivity index (χ1v) is 10.9. The second kappa shape index (κ2) is 9.74. The van der Waals surface area contributed by atoms with E-state index < -0.39 is 35.0 Å². The van der Waals surface area contributed by atoms with Crippen LogP contribution in [-0.4, -0.2) is 56.7 Å². The number of rotatable bonds is 8. The Balaban J connectivity index is 1.70. The minimum Gasteiger partial charge on any atom is -0.484 e. The van der Waals surface area contributed by atoms with E-state index in [1.807, 2.05) is 6.07 Å². The van der Waals surface area contributed by atoms with Crippen LogP contribution in [0.15, 0.2) is 42.6 Å². The Morgan fingerprint density at radius 3 is 2.73 bits per heavy atom. The van der Waals surface area contributed by atoms with Crippen molar-refractivity contribution < 1.29 is 36.7 Å². The molecular formula is C19H22N2O8S. The largest absolute Gasteiger partial charge is 0.484 e. The number of hydrogen-bond acceptors (Lipinski definition) is 9. The molecule has 0 saturated carbocycles. The molecular weight excluding hydrogens is 416 g/mol. The molecule has 10 nitrogen and oxygen atoms in total. The van der Waals surface area contributed by atoms with Crippen molar-refractivity contribution in [2.24, 2.45) is 0 Å². The van der Waals surface area contributed by atoms with Crippen molar-refractivity contribution in [2.75, 3.05) is 26.1 Å². The van der Waals surface area contributed by atoms with E-state index in [1.54, 1.807) is 24.3 Å². The van der Waals surface area contributed by atoms with Crippen LogP contribution in [0.3, 0.4) is 0 Å². The lowest BCUT2D eigenvalue weighted by Crippen LogP contribution is -2.43. The molecule has 3 rings (SSSR count). The Hall–Kier alpha value is -2.89. The molecule has 30 heavy (non-hydrogen) atoms. The maximum absolute atomic E-state index is 12.2. The number of pyridine rings is 1. The molecule has 1 aliphatic heterocycles. The summed E-state index contributed by atoms with van der Waals surface area (Å²) in [7, 11) is -3.80. The number of hydrogen-bond donors (Lipinski definition) is 2. The monoisotopic (exact) mass is 438 g/mol. The number of aromatic nitrogens is 1. The van der Waals surface area contributed by atoms with Crippen molar-refractivity contribution in [1.29, 1.82) is 0 Å². The molecule has 0 fully saturated rings. The number of aliphatic hydroxyl groups excluding tert-OH is 1. The molecule has 2 atom stereocenters. The fourth-order valence-electron chi connectivity index (χ4n) is 2.67. The summed E-state index contributed by atoms with van der Waals surface area (Å²) in [5.74, 6) is 0.628. The summed E-state index contributed by atoms with van der Waals surface area (Å²) in [6.45, 7) is 0.198. The number of fused-ring (bicyclic) bond motifs is 1. The SMILES string of the molecule is CS(=O)(=O)OC[C@@H](NC(=O)OCc1ccccc1)[C@H](O)c1cnc2c(c1)OCCO2. The van der Waals surface area contributed by atoms with Gasteiger partial charge in [-0.05, 0) is 11.6 Å². The highest BCUT2D eigenvalue weighted by Crippen LogP contribution is 2.31. The molecule has 2 N–H and O–H groups in total. The van der Waals surface area contributed by atoms with E-state index in [4.69, 9.17) is 18.4 Å². The first-order chi connectivity index (χ1) is 14.3. The molecule has 0 unspecified atom stereocenters. The van der Waals surface area contributed by atoms with Crippen LogP contribution in [0.4, 0.5) is 4.79 Å². The van der Waals surface area contributed by atoms with Gasteiger partial charge in [0, 0.05) is 11.8 Å². The van der Waals surface area contributed by atoms with E-state index in [0.717, 1.165) is 11.8 Å². The number of alkyl carbamates (subject to hydrolysis) is 1. The van der Waals surface area contributed by atoms with Crippen molar-refractivity contribution in [3.05, 3.63) is 53.7 Å². The summed E-state index contributed by atoms with van der Waals surface area (Å²) in [5, 5.41) is 13.2. The summed E-state index contributed by atoms with van der Waals surface area (Å²) in [4.78, 5) is 16.3. The minimum atomic E-state index is -3.80. The topological polar surface area (TPSA) is 133 Å². The quantitative estimate of drug-likeness (QED) is 0.582. The molecule has 162 valence electrons. The van der Waals surface area contributed by atoms with Gasteiger partial charge in [0.25, 0.3) is 16.0 Å². The van der Waals surface area contributed by atoms with Crippen molar-refractivity contribution in [2.45, 2.75) is 18.8 Å². The van der Waals surface area contributed by atoms with Crippen LogP contribution < -0.4 is 14.8 Å². The molecule has 1 aliphatic rings. The molecule has 0 saturated heterocycles. The number of benzene rings is 1. The summed E-state index contributed by atoms with van der Waals surface area (Å²) in [6, 6.07) is 9.39. The Bertz CT molecular complexity index is 968. The summed E-state index contributed by atoms with van der Waals surface area (Å²) >= 11 is 0. The van der Waals surface area contributed by atoms with E-state index in [-0.39, 0.29) is 18.1 Å². The van der Waals surface area contributed by atoms with Gasteiger partial charge in [-0.3, -0.25) is 4.18 Å². The molecule has 11 heteroatoms. The van der Waals surface area contributed by atoms with Crippen LogP contribution >= 0.6 is 0 Å². The van der Waals surface area contributed by atoms with E-state index in [0.29, 0.717) is 19.0 Å². The number of amides is 1. The predicted molar refractivity (Wildman–Crippen MR) is 105 cm³/mol. The smallest absolute Gasteiger partial charge is 0.407 e. The Labute approximate surface area is 173 Å². The minimum absolute atomic E-state index is 0.00794. The highest BCUT2D eigenvalue weighted by Gasteiger charge is 2.27. The molecule has 2 heterocycles. The average Bonchev–Trinajstić information content (AvgIpc) is 2.74. The van der Waals surface area contributed by atoms with E-state index in [9.17, 15) is 18.3 Å². The third-order valence-corrected chi connectivity index (χ3v) is 4.68.